The highest BCUT2D eigenvalue weighted by Crippen LogP contribution is 2.72. The lowest BCUT2D eigenvalue weighted by molar-refractivity contribution is -0.236. The molecule has 5 saturated carbocycles. The van der Waals surface area contributed by atoms with Crippen LogP contribution in [0.3, 0.4) is 0 Å². The number of hydrogen-bond donors (Lipinski definition) is 1. The van der Waals surface area contributed by atoms with Gasteiger partial charge in [-0.25, -0.2) is 22.8 Å². The molecule has 238 valence electrons. The van der Waals surface area contributed by atoms with E-state index in [-0.39, 0.29) is 35.7 Å². The van der Waals surface area contributed by atoms with Crippen LogP contribution in [0.15, 0.2) is 23.8 Å². The molecule has 5 fully saturated rings. The maximum Gasteiger partial charge on any atom is 0.509 e. The fourth-order valence-electron chi connectivity index (χ4n) is 11.0. The Morgan fingerprint density at radius 2 is 1.77 bits per heavy atom. The highest BCUT2D eigenvalue weighted by Gasteiger charge is 2.79. The van der Waals surface area contributed by atoms with Gasteiger partial charge in [0.05, 0.1) is 6.10 Å². The van der Waals surface area contributed by atoms with Crippen molar-refractivity contribution < 1.29 is 46.9 Å². The summed E-state index contributed by atoms with van der Waals surface area (Å²) < 4.78 is 63.8. The molecule has 12 atom stereocenters. The highest BCUT2D eigenvalue weighted by atomic mass is 19.1. The van der Waals surface area contributed by atoms with Gasteiger partial charge in [-0.2, -0.15) is 0 Å². The molecule has 0 amide bonds. The van der Waals surface area contributed by atoms with Crippen molar-refractivity contribution in [2.24, 2.45) is 45.3 Å². The Kier molecular flexibility index (Phi) is 6.65. The van der Waals surface area contributed by atoms with Crippen molar-refractivity contribution in [1.82, 2.24) is 0 Å². The number of carbonyl (C=O) groups is 3. The Morgan fingerprint density at radius 1 is 1.07 bits per heavy atom. The number of halogens is 3. The van der Waals surface area contributed by atoms with Crippen molar-refractivity contribution in [3.05, 3.63) is 23.8 Å². The van der Waals surface area contributed by atoms with Gasteiger partial charge in [0.25, 0.3) is 0 Å². The van der Waals surface area contributed by atoms with E-state index in [1.54, 1.807) is 13.8 Å². The Balaban J connectivity index is 1.37. The molecule has 6 aliphatic rings. The second-order valence-corrected chi connectivity index (χ2v) is 15.3. The van der Waals surface area contributed by atoms with Crippen LogP contribution in [0.4, 0.5) is 18.0 Å². The molecule has 0 aromatic rings. The van der Waals surface area contributed by atoms with Crippen LogP contribution < -0.4 is 0 Å². The first-order valence-electron chi connectivity index (χ1n) is 15.5. The predicted molar refractivity (Wildman–Crippen MR) is 149 cm³/mol. The quantitative estimate of drug-likeness (QED) is 0.384. The van der Waals surface area contributed by atoms with Crippen molar-refractivity contribution in [2.45, 2.75) is 110 Å². The molecule has 6 aliphatic carbocycles. The van der Waals surface area contributed by atoms with Crippen LogP contribution in [0.1, 0.15) is 80.1 Å². The Morgan fingerprint density at radius 3 is 2.37 bits per heavy atom. The smallest absolute Gasteiger partial charge is 0.431 e. The van der Waals surface area contributed by atoms with Crippen molar-refractivity contribution in [1.29, 1.82) is 0 Å². The lowest BCUT2D eigenvalue weighted by Gasteiger charge is -2.62. The molecular weight excluding hydrogens is 565 g/mol. The van der Waals surface area contributed by atoms with Gasteiger partial charge in [0.2, 0.25) is 12.5 Å². The summed E-state index contributed by atoms with van der Waals surface area (Å²) in [5.74, 6) is -3.87. The van der Waals surface area contributed by atoms with Crippen molar-refractivity contribution in [3.8, 4) is 0 Å². The molecule has 0 heterocycles. The molecule has 0 aliphatic heterocycles. The fourth-order valence-corrected chi connectivity index (χ4v) is 11.0. The van der Waals surface area contributed by atoms with Crippen LogP contribution in [-0.4, -0.2) is 59.5 Å². The van der Waals surface area contributed by atoms with Crippen LogP contribution in [0.2, 0.25) is 0 Å². The molecular formula is C33H43F3O7. The van der Waals surface area contributed by atoms with E-state index in [9.17, 15) is 23.9 Å². The van der Waals surface area contributed by atoms with Gasteiger partial charge < -0.3 is 19.3 Å². The number of alkyl halides is 3. The number of carbonyl (C=O) groups excluding carboxylic acids is 3. The first-order chi connectivity index (χ1) is 19.9. The van der Waals surface area contributed by atoms with E-state index >= 15 is 8.78 Å². The van der Waals surface area contributed by atoms with Gasteiger partial charge in [-0.05, 0) is 80.4 Å². The first kappa shape index (κ1) is 30.7. The maximum atomic E-state index is 17.6. The molecule has 2 bridgehead atoms. The summed E-state index contributed by atoms with van der Waals surface area (Å²) in [6.45, 7) is 9.69. The summed E-state index contributed by atoms with van der Waals surface area (Å²) in [5, 5.41) is 11.6. The number of esters is 1. The third-order valence-corrected chi connectivity index (χ3v) is 13.9. The summed E-state index contributed by atoms with van der Waals surface area (Å²) in [6.07, 6.45) is 0.710. The highest BCUT2D eigenvalue weighted by molar-refractivity contribution is 6.01. The summed E-state index contributed by atoms with van der Waals surface area (Å²) in [7, 11) is 0. The Hall–Kier alpha value is -2.36. The Bertz CT molecular complexity index is 1310. The molecule has 0 aromatic heterocycles. The van der Waals surface area contributed by atoms with Gasteiger partial charge >= 0.3 is 12.1 Å². The van der Waals surface area contributed by atoms with Crippen LogP contribution in [-0.2, 0) is 23.8 Å². The predicted octanol–water partition coefficient (Wildman–Crippen LogP) is 6.13. The summed E-state index contributed by atoms with van der Waals surface area (Å²) in [6, 6.07) is 0. The standard InChI is InChI=1S/C33H43F3O7/c1-17-11-20-21-14-23(35)22-13-19(37)8-10-29(22,4)32(21,36)24(38)15-31(20,6)33(17,26(39)41-16-34)43-27(40)42-25-12-18-7-9-30(25,5)28(18,2)3/h8,10,13,17-18,20-21,23-25,38H,7,9,11-12,14-16H2,1-6H3/t17-,18-,20+,21+,23+,24+,25-,29+,30+,31+,32?,33-/m1/s1. The fraction of sp³-hybridized carbons (Fsp3) is 0.788. The molecule has 1 unspecified atom stereocenters. The van der Waals surface area contributed by atoms with Gasteiger partial charge in [0, 0.05) is 28.1 Å². The molecule has 1 N–H and O–H groups in total. The minimum atomic E-state index is -2.38. The minimum absolute atomic E-state index is 0.0161. The molecule has 0 saturated heterocycles. The topological polar surface area (TPSA) is 99.1 Å². The zero-order chi connectivity index (χ0) is 31.5. The van der Waals surface area contributed by atoms with E-state index in [0.29, 0.717) is 12.3 Å². The van der Waals surface area contributed by atoms with E-state index in [0.717, 1.165) is 18.9 Å². The van der Waals surface area contributed by atoms with Gasteiger partial charge in [0.1, 0.15) is 12.3 Å². The summed E-state index contributed by atoms with van der Waals surface area (Å²) >= 11 is 0. The van der Waals surface area contributed by atoms with Gasteiger partial charge in [-0.3, -0.25) is 4.79 Å². The average molecular weight is 609 g/mol. The molecule has 0 aromatic carbocycles. The zero-order valence-electron chi connectivity index (χ0n) is 25.8. The molecule has 6 rings (SSSR count). The molecule has 43 heavy (non-hydrogen) atoms. The third kappa shape index (κ3) is 3.56. The number of ether oxygens (including phenoxy) is 3. The SMILES string of the molecule is C[C@@H]1C[C@H]2[C@@H]3C[C@H](F)C4=CC(=O)C=C[C@]4(C)C3(F)[C@@H](O)C[C@]2(C)[C@]1(OC(=O)O[C@@H]1C[C@H]2CC[C@]1(C)C2(C)C)C(=O)OCF. The van der Waals surface area contributed by atoms with E-state index in [1.165, 1.54) is 19.1 Å². The first-order valence-corrected chi connectivity index (χ1v) is 15.5. The summed E-state index contributed by atoms with van der Waals surface area (Å²) in [4.78, 5) is 39.5. The van der Waals surface area contributed by atoms with E-state index in [4.69, 9.17) is 14.2 Å². The largest absolute Gasteiger partial charge is 0.509 e. The molecule has 10 heteroatoms. The zero-order valence-corrected chi connectivity index (χ0v) is 25.8. The van der Waals surface area contributed by atoms with Crippen molar-refractivity contribution >= 4 is 17.9 Å². The van der Waals surface area contributed by atoms with Gasteiger partial charge in [-0.1, -0.05) is 40.7 Å². The average Bonchev–Trinajstić information content (AvgIpc) is 3.36. The van der Waals surface area contributed by atoms with Crippen LogP contribution >= 0.6 is 0 Å². The normalized spacial score (nSPS) is 50.8. The monoisotopic (exact) mass is 608 g/mol. The van der Waals surface area contributed by atoms with E-state index in [1.807, 2.05) is 0 Å². The maximum absolute atomic E-state index is 17.6. The second-order valence-electron chi connectivity index (χ2n) is 15.3. The number of rotatable bonds is 4. The van der Waals surface area contributed by atoms with Crippen molar-refractivity contribution in [2.75, 3.05) is 6.86 Å². The number of aliphatic hydroxyl groups excluding tert-OH is 1. The second kappa shape index (κ2) is 9.33. The minimum Gasteiger partial charge on any atom is -0.431 e. The van der Waals surface area contributed by atoms with Crippen LogP contribution in [0.5, 0.6) is 0 Å². The molecule has 0 radical (unpaired) electrons. The third-order valence-electron chi connectivity index (χ3n) is 13.9. The number of aliphatic hydroxyl groups is 1. The molecule has 0 spiro atoms. The van der Waals surface area contributed by atoms with E-state index < -0.39 is 83.0 Å². The number of allylic oxidation sites excluding steroid dienone is 4. The van der Waals surface area contributed by atoms with Crippen LogP contribution in [0.25, 0.3) is 0 Å². The van der Waals surface area contributed by atoms with Gasteiger partial charge in [0.15, 0.2) is 11.5 Å². The number of fused-ring (bicyclic) bond motifs is 7. The van der Waals surface area contributed by atoms with Gasteiger partial charge in [-0.15, -0.1) is 0 Å². The lowest BCUT2D eigenvalue weighted by atomic mass is 9.44. The Labute approximate surface area is 250 Å². The van der Waals surface area contributed by atoms with Crippen molar-refractivity contribution in [3.63, 3.8) is 0 Å². The molecule has 7 nitrogen and oxygen atoms in total. The van der Waals surface area contributed by atoms with E-state index in [2.05, 4.69) is 20.8 Å². The van der Waals surface area contributed by atoms with Crippen LogP contribution in [0, 0.1) is 45.3 Å². The number of ketones is 1. The summed E-state index contributed by atoms with van der Waals surface area (Å²) in [5.41, 5.74) is -7.92. The number of hydrogen-bond acceptors (Lipinski definition) is 7. The lowest BCUT2D eigenvalue weighted by Crippen LogP contribution is -2.71.